The summed E-state index contributed by atoms with van der Waals surface area (Å²) in [6.45, 7) is 8.60. The molecule has 1 aliphatic rings. The lowest BCUT2D eigenvalue weighted by atomic mass is 10.2. The molecule has 0 bridgehead atoms. The molecule has 7 nitrogen and oxygen atoms in total. The van der Waals surface area contributed by atoms with Gasteiger partial charge in [0.15, 0.2) is 0 Å². The van der Waals surface area contributed by atoms with Crippen LogP contribution in [-0.2, 0) is 14.8 Å². The fraction of sp³-hybridized carbons (Fsp3) is 0.526. The molecule has 0 atom stereocenters. The topological polar surface area (TPSA) is 79.0 Å². The number of amides is 1. The monoisotopic (exact) mass is 395 g/mol. The van der Waals surface area contributed by atoms with E-state index in [1.54, 1.807) is 18.2 Å². The summed E-state index contributed by atoms with van der Waals surface area (Å²) in [6.07, 6.45) is 3.13. The van der Waals surface area contributed by atoms with Crippen molar-refractivity contribution in [3.63, 3.8) is 0 Å². The van der Waals surface area contributed by atoms with Gasteiger partial charge in [-0.2, -0.15) is 0 Å². The summed E-state index contributed by atoms with van der Waals surface area (Å²) in [4.78, 5) is 16.7. The predicted molar refractivity (Wildman–Crippen MR) is 106 cm³/mol. The standard InChI is InChI=1S/C19H29N3O4S/c1-15(2)14-21-9-11-22(12-10-21)19(23)8-6-16-5-7-17(26-4)18(13-16)27(24,25)20-3/h5-8,13,15,20H,9-12,14H2,1-4H3/b8-6+. The molecule has 1 aromatic rings. The molecule has 2 rings (SSSR count). The number of benzene rings is 1. The summed E-state index contributed by atoms with van der Waals surface area (Å²) in [7, 11) is -0.883. The second kappa shape index (κ2) is 9.34. The fourth-order valence-electron chi connectivity index (χ4n) is 3.06. The van der Waals surface area contributed by atoms with E-state index in [-0.39, 0.29) is 16.6 Å². The fourth-order valence-corrected chi connectivity index (χ4v) is 3.98. The molecule has 0 unspecified atom stereocenters. The molecule has 150 valence electrons. The number of carbonyl (C=O) groups is 1. The van der Waals surface area contributed by atoms with Gasteiger partial charge in [-0.05, 0) is 36.7 Å². The molecule has 1 amide bonds. The molecule has 1 fully saturated rings. The number of methoxy groups -OCH3 is 1. The van der Waals surface area contributed by atoms with Gasteiger partial charge in [0, 0.05) is 38.8 Å². The third-order valence-electron chi connectivity index (χ3n) is 4.47. The van der Waals surface area contributed by atoms with E-state index >= 15 is 0 Å². The highest BCUT2D eigenvalue weighted by molar-refractivity contribution is 7.89. The minimum atomic E-state index is -3.65. The number of rotatable bonds is 7. The molecule has 1 aromatic carbocycles. The van der Waals surface area contributed by atoms with Crippen LogP contribution in [0.5, 0.6) is 5.75 Å². The largest absolute Gasteiger partial charge is 0.495 e. The van der Waals surface area contributed by atoms with Crippen molar-refractivity contribution in [2.24, 2.45) is 5.92 Å². The lowest BCUT2D eigenvalue weighted by molar-refractivity contribution is -0.127. The SMILES string of the molecule is CNS(=O)(=O)c1cc(/C=C/C(=O)N2CCN(CC(C)C)CC2)ccc1OC. The van der Waals surface area contributed by atoms with Gasteiger partial charge < -0.3 is 9.64 Å². The number of hydrogen-bond acceptors (Lipinski definition) is 5. The number of ether oxygens (including phenoxy) is 1. The molecule has 0 spiro atoms. The average Bonchev–Trinajstić information content (AvgIpc) is 2.66. The van der Waals surface area contributed by atoms with Crippen LogP contribution in [-0.4, -0.2) is 71.0 Å². The van der Waals surface area contributed by atoms with Crippen molar-refractivity contribution in [2.75, 3.05) is 46.9 Å². The van der Waals surface area contributed by atoms with E-state index in [2.05, 4.69) is 23.5 Å². The normalized spacial score (nSPS) is 16.3. The summed E-state index contributed by atoms with van der Waals surface area (Å²) in [5, 5.41) is 0. The van der Waals surface area contributed by atoms with Gasteiger partial charge in [0.2, 0.25) is 15.9 Å². The number of piperazine rings is 1. The van der Waals surface area contributed by atoms with Crippen molar-refractivity contribution in [3.05, 3.63) is 29.8 Å². The lowest BCUT2D eigenvalue weighted by Crippen LogP contribution is -2.49. The van der Waals surface area contributed by atoms with Gasteiger partial charge in [-0.3, -0.25) is 9.69 Å². The molecule has 1 aliphatic heterocycles. The average molecular weight is 396 g/mol. The second-order valence-corrected chi connectivity index (χ2v) is 8.83. The Morgan fingerprint density at radius 1 is 1.26 bits per heavy atom. The number of hydrogen-bond donors (Lipinski definition) is 1. The van der Waals surface area contributed by atoms with Crippen LogP contribution >= 0.6 is 0 Å². The van der Waals surface area contributed by atoms with Crippen molar-refractivity contribution >= 4 is 22.0 Å². The van der Waals surface area contributed by atoms with E-state index in [0.29, 0.717) is 24.6 Å². The van der Waals surface area contributed by atoms with Gasteiger partial charge in [-0.15, -0.1) is 0 Å². The Labute approximate surface area is 162 Å². The molecule has 0 aromatic heterocycles. The third-order valence-corrected chi connectivity index (χ3v) is 5.91. The zero-order valence-corrected chi connectivity index (χ0v) is 17.3. The Morgan fingerprint density at radius 2 is 1.93 bits per heavy atom. The highest BCUT2D eigenvalue weighted by Crippen LogP contribution is 2.25. The maximum Gasteiger partial charge on any atom is 0.246 e. The number of nitrogens with zero attached hydrogens (tertiary/aromatic N) is 2. The molecule has 27 heavy (non-hydrogen) atoms. The quantitative estimate of drug-likeness (QED) is 0.707. The van der Waals surface area contributed by atoms with Crippen molar-refractivity contribution in [1.29, 1.82) is 0 Å². The first-order chi connectivity index (χ1) is 12.8. The Balaban J connectivity index is 2.05. The minimum absolute atomic E-state index is 0.0457. The highest BCUT2D eigenvalue weighted by Gasteiger charge is 2.20. The van der Waals surface area contributed by atoms with Crippen LogP contribution in [0.3, 0.4) is 0 Å². The van der Waals surface area contributed by atoms with Crippen molar-refractivity contribution in [1.82, 2.24) is 14.5 Å². The molecular weight excluding hydrogens is 366 g/mol. The maximum absolute atomic E-state index is 12.4. The van der Waals surface area contributed by atoms with Crippen molar-refractivity contribution < 1.29 is 17.9 Å². The minimum Gasteiger partial charge on any atom is -0.495 e. The number of carbonyl (C=O) groups excluding carboxylic acids is 1. The van der Waals surface area contributed by atoms with Crippen LogP contribution in [0.25, 0.3) is 6.08 Å². The molecular formula is C19H29N3O4S. The smallest absolute Gasteiger partial charge is 0.246 e. The van der Waals surface area contributed by atoms with E-state index < -0.39 is 10.0 Å². The Bertz CT molecular complexity index is 782. The van der Waals surface area contributed by atoms with Crippen molar-refractivity contribution in [3.8, 4) is 5.75 Å². The van der Waals surface area contributed by atoms with E-state index in [9.17, 15) is 13.2 Å². The van der Waals surface area contributed by atoms with Crippen LogP contribution in [0.15, 0.2) is 29.2 Å². The molecule has 1 saturated heterocycles. The van der Waals surface area contributed by atoms with Gasteiger partial charge in [0.25, 0.3) is 0 Å². The van der Waals surface area contributed by atoms with E-state index in [0.717, 1.165) is 19.6 Å². The maximum atomic E-state index is 12.4. The first-order valence-corrected chi connectivity index (χ1v) is 10.6. The van der Waals surface area contributed by atoms with Crippen molar-refractivity contribution in [2.45, 2.75) is 18.7 Å². The van der Waals surface area contributed by atoms with Crippen LogP contribution in [0, 0.1) is 5.92 Å². The molecule has 1 N–H and O–H groups in total. The molecule has 0 saturated carbocycles. The van der Waals surface area contributed by atoms with Crippen LogP contribution in [0.2, 0.25) is 0 Å². The summed E-state index contributed by atoms with van der Waals surface area (Å²) in [5.74, 6) is 0.812. The zero-order chi connectivity index (χ0) is 20.0. The van der Waals surface area contributed by atoms with E-state index in [4.69, 9.17) is 4.74 Å². The molecule has 0 aliphatic carbocycles. The predicted octanol–water partition coefficient (Wildman–Crippen LogP) is 1.42. The summed E-state index contributed by atoms with van der Waals surface area (Å²) in [6, 6.07) is 4.80. The molecule has 8 heteroatoms. The number of sulfonamides is 1. The van der Waals surface area contributed by atoms with Gasteiger partial charge in [-0.25, -0.2) is 13.1 Å². The summed E-state index contributed by atoms with van der Waals surface area (Å²) < 4.78 is 31.7. The first-order valence-electron chi connectivity index (χ1n) is 9.07. The third kappa shape index (κ3) is 5.79. The van der Waals surface area contributed by atoms with Crippen LogP contribution < -0.4 is 9.46 Å². The van der Waals surface area contributed by atoms with Gasteiger partial charge >= 0.3 is 0 Å². The Hall–Kier alpha value is -1.90. The highest BCUT2D eigenvalue weighted by atomic mass is 32.2. The molecule has 1 heterocycles. The second-order valence-electron chi connectivity index (χ2n) is 6.97. The van der Waals surface area contributed by atoms with Gasteiger partial charge in [-0.1, -0.05) is 19.9 Å². The Kier molecular flexibility index (Phi) is 7.41. The zero-order valence-electron chi connectivity index (χ0n) is 16.4. The van der Waals surface area contributed by atoms with Gasteiger partial charge in [0.1, 0.15) is 10.6 Å². The van der Waals surface area contributed by atoms with Gasteiger partial charge in [0.05, 0.1) is 7.11 Å². The lowest BCUT2D eigenvalue weighted by Gasteiger charge is -2.35. The van der Waals surface area contributed by atoms with E-state index in [1.165, 1.54) is 26.3 Å². The first kappa shape index (κ1) is 21.4. The van der Waals surface area contributed by atoms with E-state index in [1.807, 2.05) is 4.90 Å². The molecule has 0 radical (unpaired) electrons. The number of nitrogens with one attached hydrogen (secondary N) is 1. The summed E-state index contributed by atoms with van der Waals surface area (Å²) in [5.41, 5.74) is 0.622. The summed E-state index contributed by atoms with van der Waals surface area (Å²) >= 11 is 0. The van der Waals surface area contributed by atoms with Crippen LogP contribution in [0.1, 0.15) is 19.4 Å². The Morgan fingerprint density at radius 3 is 2.48 bits per heavy atom. The van der Waals surface area contributed by atoms with Crippen LogP contribution in [0.4, 0.5) is 0 Å².